The largest absolute Gasteiger partial charge is 0.494 e. The molecule has 0 spiro atoms. The number of nitrogens with zero attached hydrogens (tertiary/aromatic N) is 3. The molecule has 0 unspecified atom stereocenters. The Bertz CT molecular complexity index is 1160. The van der Waals surface area contributed by atoms with Gasteiger partial charge in [-0.2, -0.15) is 4.98 Å². The molecule has 1 atom stereocenters. The zero-order valence-corrected chi connectivity index (χ0v) is 15.5. The van der Waals surface area contributed by atoms with Crippen LogP contribution in [0, 0.1) is 0 Å². The van der Waals surface area contributed by atoms with Crippen LogP contribution in [-0.2, 0) is 12.8 Å². The standard InChI is InChI=1S/C20H18ClN5O/c1-27-16-8-9-22-18-17(16)25-20(21)26-19(18)23-11-6-7-15-13(10-11)12-4-2-3-5-14(12)24-15/h2-5,8-9,11,24H,6-7,10H2,1H3,(H,23,25,26)/t11-/m1/s1. The minimum atomic E-state index is 0.180. The number of aryl methyl sites for hydroxylation is 1. The molecule has 0 saturated carbocycles. The van der Waals surface area contributed by atoms with Gasteiger partial charge in [0.05, 0.1) is 7.11 Å². The third-order valence-electron chi connectivity index (χ3n) is 5.18. The summed E-state index contributed by atoms with van der Waals surface area (Å²) in [5.74, 6) is 1.28. The third-order valence-corrected chi connectivity index (χ3v) is 5.34. The fourth-order valence-corrected chi connectivity index (χ4v) is 4.10. The number of hydrogen-bond acceptors (Lipinski definition) is 5. The van der Waals surface area contributed by atoms with Crippen LogP contribution >= 0.6 is 11.6 Å². The molecule has 0 fully saturated rings. The summed E-state index contributed by atoms with van der Waals surface area (Å²) in [4.78, 5) is 16.7. The maximum Gasteiger partial charge on any atom is 0.225 e. The summed E-state index contributed by atoms with van der Waals surface area (Å²) in [6.07, 6.45) is 4.62. The van der Waals surface area contributed by atoms with E-state index in [0.717, 1.165) is 19.3 Å². The van der Waals surface area contributed by atoms with Gasteiger partial charge in [0.15, 0.2) is 5.82 Å². The van der Waals surface area contributed by atoms with E-state index >= 15 is 0 Å². The minimum Gasteiger partial charge on any atom is -0.494 e. The summed E-state index contributed by atoms with van der Waals surface area (Å²) in [5, 5.41) is 5.02. The number of benzene rings is 1. The summed E-state index contributed by atoms with van der Waals surface area (Å²) in [7, 11) is 1.61. The number of fused-ring (bicyclic) bond motifs is 4. The van der Waals surface area contributed by atoms with Gasteiger partial charge in [0, 0.05) is 34.9 Å². The van der Waals surface area contributed by atoms with Crippen molar-refractivity contribution in [2.45, 2.75) is 25.3 Å². The van der Waals surface area contributed by atoms with Crippen molar-refractivity contribution in [1.29, 1.82) is 0 Å². The number of hydrogen-bond donors (Lipinski definition) is 2. The lowest BCUT2D eigenvalue weighted by molar-refractivity contribution is 0.418. The average molecular weight is 380 g/mol. The smallest absolute Gasteiger partial charge is 0.225 e. The summed E-state index contributed by atoms with van der Waals surface area (Å²) >= 11 is 6.16. The molecular weight excluding hydrogens is 362 g/mol. The molecule has 3 heterocycles. The summed E-state index contributed by atoms with van der Waals surface area (Å²) in [6, 6.07) is 10.5. The molecule has 5 rings (SSSR count). The van der Waals surface area contributed by atoms with Gasteiger partial charge in [0.2, 0.25) is 5.28 Å². The van der Waals surface area contributed by atoms with Crippen molar-refractivity contribution in [3.8, 4) is 5.75 Å². The molecule has 7 heteroatoms. The first-order chi connectivity index (χ1) is 13.2. The van der Waals surface area contributed by atoms with E-state index in [1.54, 1.807) is 19.4 Å². The molecule has 1 aliphatic carbocycles. The SMILES string of the molecule is COc1ccnc2c(N[C@@H]3CCc4[nH]c5ccccc5c4C3)nc(Cl)nc12. The Kier molecular flexibility index (Phi) is 3.86. The van der Waals surface area contributed by atoms with Crippen molar-refractivity contribution in [2.24, 2.45) is 0 Å². The number of H-pyrrole nitrogens is 1. The quantitative estimate of drug-likeness (QED) is 0.523. The molecule has 2 N–H and O–H groups in total. The van der Waals surface area contributed by atoms with E-state index in [0.29, 0.717) is 22.6 Å². The van der Waals surface area contributed by atoms with Gasteiger partial charge >= 0.3 is 0 Å². The second kappa shape index (κ2) is 6.39. The van der Waals surface area contributed by atoms with E-state index in [4.69, 9.17) is 16.3 Å². The fraction of sp³-hybridized carbons (Fsp3) is 0.250. The van der Waals surface area contributed by atoms with Crippen molar-refractivity contribution < 1.29 is 4.74 Å². The van der Waals surface area contributed by atoms with Crippen molar-refractivity contribution in [3.63, 3.8) is 0 Å². The minimum absolute atomic E-state index is 0.180. The number of methoxy groups -OCH3 is 1. The lowest BCUT2D eigenvalue weighted by Gasteiger charge is -2.24. The molecule has 1 aromatic carbocycles. The highest BCUT2D eigenvalue weighted by Crippen LogP contribution is 2.32. The monoisotopic (exact) mass is 379 g/mol. The number of ether oxygens (including phenoxy) is 1. The van der Waals surface area contributed by atoms with Crippen LogP contribution in [-0.4, -0.2) is 33.1 Å². The molecule has 3 aromatic heterocycles. The molecular formula is C20H18ClN5O. The van der Waals surface area contributed by atoms with Crippen LogP contribution in [0.4, 0.5) is 5.82 Å². The maximum absolute atomic E-state index is 6.16. The Morgan fingerprint density at radius 2 is 2.07 bits per heavy atom. The van der Waals surface area contributed by atoms with Gasteiger partial charge < -0.3 is 15.0 Å². The topological polar surface area (TPSA) is 75.7 Å². The molecule has 0 aliphatic heterocycles. The first kappa shape index (κ1) is 16.3. The van der Waals surface area contributed by atoms with Crippen molar-refractivity contribution >= 4 is 39.4 Å². The van der Waals surface area contributed by atoms with Gasteiger partial charge in [-0.3, -0.25) is 4.98 Å². The van der Waals surface area contributed by atoms with Crippen LogP contribution < -0.4 is 10.1 Å². The van der Waals surface area contributed by atoms with E-state index in [9.17, 15) is 0 Å². The van der Waals surface area contributed by atoms with Gasteiger partial charge in [-0.15, -0.1) is 0 Å². The van der Waals surface area contributed by atoms with Gasteiger partial charge in [-0.1, -0.05) is 18.2 Å². The highest BCUT2D eigenvalue weighted by atomic mass is 35.5. The normalized spacial score (nSPS) is 16.4. The lowest BCUT2D eigenvalue weighted by atomic mass is 9.91. The predicted octanol–water partition coefficient (Wildman–Crippen LogP) is 4.14. The van der Waals surface area contributed by atoms with E-state index in [2.05, 4.69) is 49.5 Å². The zero-order valence-electron chi connectivity index (χ0n) is 14.8. The predicted molar refractivity (Wildman–Crippen MR) is 107 cm³/mol. The van der Waals surface area contributed by atoms with E-state index in [1.807, 2.05) is 0 Å². The molecule has 0 amide bonds. The highest BCUT2D eigenvalue weighted by Gasteiger charge is 2.24. The van der Waals surface area contributed by atoms with Crippen LogP contribution in [0.3, 0.4) is 0 Å². The Morgan fingerprint density at radius 1 is 1.19 bits per heavy atom. The molecule has 0 saturated heterocycles. The Hall–Kier alpha value is -2.86. The van der Waals surface area contributed by atoms with Crippen LogP contribution in [0.25, 0.3) is 21.9 Å². The fourth-order valence-electron chi connectivity index (χ4n) is 3.93. The van der Waals surface area contributed by atoms with E-state index in [-0.39, 0.29) is 11.3 Å². The summed E-state index contributed by atoms with van der Waals surface area (Å²) in [6.45, 7) is 0. The Labute approximate surface area is 161 Å². The Morgan fingerprint density at radius 3 is 2.96 bits per heavy atom. The molecule has 0 radical (unpaired) electrons. The zero-order chi connectivity index (χ0) is 18.4. The number of nitrogens with one attached hydrogen (secondary N) is 2. The maximum atomic E-state index is 6.16. The molecule has 4 aromatic rings. The number of aromatic amines is 1. The van der Waals surface area contributed by atoms with Gasteiger partial charge in [0.25, 0.3) is 0 Å². The number of pyridine rings is 1. The van der Waals surface area contributed by atoms with Gasteiger partial charge in [-0.25, -0.2) is 4.98 Å². The average Bonchev–Trinajstić information content (AvgIpc) is 3.05. The van der Waals surface area contributed by atoms with Gasteiger partial charge in [-0.05, 0) is 42.5 Å². The molecule has 6 nitrogen and oxygen atoms in total. The number of halogens is 1. The number of para-hydroxylation sites is 1. The highest BCUT2D eigenvalue weighted by molar-refractivity contribution is 6.28. The summed E-state index contributed by atoms with van der Waals surface area (Å²) in [5.41, 5.74) is 5.20. The first-order valence-corrected chi connectivity index (χ1v) is 9.32. The van der Waals surface area contributed by atoms with Crippen molar-refractivity contribution in [1.82, 2.24) is 19.9 Å². The first-order valence-electron chi connectivity index (χ1n) is 8.94. The van der Waals surface area contributed by atoms with Crippen LogP contribution in [0.15, 0.2) is 36.5 Å². The van der Waals surface area contributed by atoms with Crippen LogP contribution in [0.2, 0.25) is 5.28 Å². The number of aromatic nitrogens is 4. The molecule has 1 aliphatic rings. The van der Waals surface area contributed by atoms with Crippen LogP contribution in [0.1, 0.15) is 17.7 Å². The molecule has 0 bridgehead atoms. The number of anilines is 1. The second-order valence-electron chi connectivity index (χ2n) is 6.76. The second-order valence-corrected chi connectivity index (χ2v) is 7.10. The van der Waals surface area contributed by atoms with Crippen molar-refractivity contribution in [2.75, 3.05) is 12.4 Å². The third kappa shape index (κ3) is 2.77. The Balaban J connectivity index is 1.51. The lowest BCUT2D eigenvalue weighted by Crippen LogP contribution is -2.27. The van der Waals surface area contributed by atoms with Crippen molar-refractivity contribution in [3.05, 3.63) is 53.1 Å². The van der Waals surface area contributed by atoms with E-state index in [1.165, 1.54) is 22.2 Å². The summed E-state index contributed by atoms with van der Waals surface area (Å²) < 4.78 is 5.39. The number of rotatable bonds is 3. The van der Waals surface area contributed by atoms with Crippen LogP contribution in [0.5, 0.6) is 5.75 Å². The van der Waals surface area contributed by atoms with E-state index < -0.39 is 0 Å². The molecule has 136 valence electrons. The van der Waals surface area contributed by atoms with Gasteiger partial charge in [0.1, 0.15) is 16.8 Å². The molecule has 27 heavy (non-hydrogen) atoms.